The third-order valence-electron chi connectivity index (χ3n) is 5.12. The van der Waals surface area contributed by atoms with Crippen molar-refractivity contribution in [2.45, 2.75) is 43.9 Å². The normalized spacial score (nSPS) is 13.6. The summed E-state index contributed by atoms with van der Waals surface area (Å²) in [6.45, 7) is 1.51. The molecule has 0 saturated heterocycles. The molecule has 0 bridgehead atoms. The van der Waals surface area contributed by atoms with E-state index in [1.54, 1.807) is 12.1 Å². The Kier molecular flexibility index (Phi) is 7.11. The number of hydrogen-bond donors (Lipinski definition) is 2. The van der Waals surface area contributed by atoms with E-state index in [4.69, 9.17) is 0 Å². The molecule has 1 heterocycles. The maximum atomic E-state index is 13.0. The van der Waals surface area contributed by atoms with Crippen molar-refractivity contribution < 1.29 is 27.5 Å². The summed E-state index contributed by atoms with van der Waals surface area (Å²) in [6.07, 6.45) is 3.43. The molecule has 8 nitrogen and oxygen atoms in total. The summed E-state index contributed by atoms with van der Waals surface area (Å²) < 4.78 is 29.3. The highest BCUT2D eigenvalue weighted by molar-refractivity contribution is 7.91. The summed E-state index contributed by atoms with van der Waals surface area (Å²) in [5, 5.41) is 5.17. The van der Waals surface area contributed by atoms with Crippen molar-refractivity contribution in [2.75, 3.05) is 18.2 Å². The number of imide groups is 1. The number of fused-ring (bicyclic) bond motifs is 1. The van der Waals surface area contributed by atoms with Gasteiger partial charge in [0.05, 0.1) is 28.9 Å². The number of methoxy groups -OCH3 is 1. The molecule has 0 saturated carbocycles. The number of alkyl carbamates (subject to hydrolysis) is 1. The predicted molar refractivity (Wildman–Crippen MR) is 118 cm³/mol. The number of hydrogen-bond acceptors (Lipinski definition) is 7. The molecule has 0 radical (unpaired) electrons. The zero-order valence-corrected chi connectivity index (χ0v) is 19.0. The monoisotopic (exact) mass is 464 g/mol. The molecule has 166 valence electrons. The summed E-state index contributed by atoms with van der Waals surface area (Å²) in [4.78, 5) is 38.4. The molecule has 0 spiro atoms. The Hall–Kier alpha value is -2.72. The molecule has 3 amide bonds. The summed E-state index contributed by atoms with van der Waals surface area (Å²) in [5.41, 5.74) is 1.05. The van der Waals surface area contributed by atoms with Gasteiger partial charge in [-0.05, 0) is 43.4 Å². The number of nitrogens with one attached hydrogen (secondary N) is 2. The first kappa shape index (κ1) is 23.0. The smallest absolute Gasteiger partial charge is 0.413 e. The Morgan fingerprint density at radius 2 is 1.77 bits per heavy atom. The van der Waals surface area contributed by atoms with Gasteiger partial charge in [-0.25, -0.2) is 13.2 Å². The number of carbonyl (C=O) groups is 3. The lowest BCUT2D eigenvalue weighted by Gasteiger charge is -2.11. The first-order chi connectivity index (χ1) is 14.8. The fourth-order valence-corrected chi connectivity index (χ4v) is 5.90. The second-order valence-corrected chi connectivity index (χ2v) is 10.4. The molecule has 0 unspecified atom stereocenters. The van der Waals surface area contributed by atoms with Crippen LogP contribution in [0.3, 0.4) is 0 Å². The van der Waals surface area contributed by atoms with Gasteiger partial charge in [0.2, 0.25) is 0 Å². The average molecular weight is 465 g/mol. The van der Waals surface area contributed by atoms with Crippen LogP contribution in [0.2, 0.25) is 0 Å². The van der Waals surface area contributed by atoms with E-state index < -0.39 is 27.7 Å². The Balaban J connectivity index is 2.01. The third kappa shape index (κ3) is 4.96. The number of anilines is 1. The zero-order valence-electron chi connectivity index (χ0n) is 17.3. The number of benzene rings is 1. The number of ether oxygens (including phenoxy) is 1. The van der Waals surface area contributed by atoms with Crippen molar-refractivity contribution in [1.29, 1.82) is 0 Å². The SMILES string of the molecule is CCS(=O)(=O)c1ccccc1C(=O)Nc1sc2c(c1C(=O)NC(=O)OC)CCCCC2. The van der Waals surface area contributed by atoms with E-state index in [0.29, 0.717) is 11.4 Å². The first-order valence-corrected chi connectivity index (χ1v) is 12.4. The van der Waals surface area contributed by atoms with Crippen LogP contribution in [0.1, 0.15) is 57.3 Å². The highest BCUT2D eigenvalue weighted by atomic mass is 32.2. The molecule has 1 aliphatic carbocycles. The first-order valence-electron chi connectivity index (χ1n) is 9.95. The molecule has 2 aromatic rings. The minimum atomic E-state index is -3.62. The van der Waals surface area contributed by atoms with Gasteiger partial charge in [-0.2, -0.15) is 0 Å². The van der Waals surface area contributed by atoms with E-state index in [0.717, 1.165) is 43.2 Å². The van der Waals surface area contributed by atoms with E-state index >= 15 is 0 Å². The fraction of sp³-hybridized carbons (Fsp3) is 0.381. The van der Waals surface area contributed by atoms with E-state index in [1.807, 2.05) is 0 Å². The zero-order chi connectivity index (χ0) is 22.6. The Morgan fingerprint density at radius 1 is 1.06 bits per heavy atom. The molecule has 3 rings (SSSR count). The topological polar surface area (TPSA) is 119 Å². The highest BCUT2D eigenvalue weighted by Gasteiger charge is 2.28. The highest BCUT2D eigenvalue weighted by Crippen LogP contribution is 2.38. The van der Waals surface area contributed by atoms with E-state index in [1.165, 1.54) is 30.4 Å². The van der Waals surface area contributed by atoms with Gasteiger partial charge < -0.3 is 10.1 Å². The summed E-state index contributed by atoms with van der Waals surface area (Å²) in [6, 6.07) is 5.97. The molecule has 0 fully saturated rings. The molecule has 1 aromatic heterocycles. The van der Waals surface area contributed by atoms with Crippen LogP contribution in [0.25, 0.3) is 0 Å². The van der Waals surface area contributed by atoms with Gasteiger partial charge in [0.25, 0.3) is 11.8 Å². The Morgan fingerprint density at radius 3 is 2.48 bits per heavy atom. The van der Waals surface area contributed by atoms with Crippen molar-refractivity contribution in [3.63, 3.8) is 0 Å². The number of amides is 3. The van der Waals surface area contributed by atoms with Gasteiger partial charge in [0.15, 0.2) is 9.84 Å². The van der Waals surface area contributed by atoms with E-state index in [9.17, 15) is 22.8 Å². The summed E-state index contributed by atoms with van der Waals surface area (Å²) >= 11 is 1.29. The molecule has 2 N–H and O–H groups in total. The molecule has 1 aliphatic rings. The molecular weight excluding hydrogens is 440 g/mol. The van der Waals surface area contributed by atoms with Crippen molar-refractivity contribution >= 4 is 44.1 Å². The van der Waals surface area contributed by atoms with Crippen LogP contribution in [0.15, 0.2) is 29.2 Å². The summed E-state index contributed by atoms with van der Waals surface area (Å²) in [5.74, 6) is -1.43. The number of thiophene rings is 1. The standard InChI is InChI=1S/C21H24N2O6S2/c1-3-31(27,28)16-12-8-7-10-14(16)18(24)22-20-17(19(25)23-21(26)29-2)13-9-5-4-6-11-15(13)30-20/h7-8,10,12H,3-6,9,11H2,1-2H3,(H,22,24)(H,23,25,26). The van der Waals surface area contributed by atoms with Crippen LogP contribution in [-0.4, -0.2) is 39.2 Å². The molecular formula is C21H24N2O6S2. The molecule has 1 aromatic carbocycles. The van der Waals surface area contributed by atoms with Crippen molar-refractivity contribution in [3.8, 4) is 0 Å². The van der Waals surface area contributed by atoms with Crippen LogP contribution in [0, 0.1) is 0 Å². The predicted octanol–water partition coefficient (Wildman–Crippen LogP) is 3.56. The van der Waals surface area contributed by atoms with Crippen molar-refractivity contribution in [1.82, 2.24) is 5.32 Å². The molecule has 0 atom stereocenters. The quantitative estimate of drug-likeness (QED) is 0.653. The number of rotatable bonds is 5. The molecule has 10 heteroatoms. The number of carbonyl (C=O) groups excluding carboxylic acids is 3. The fourth-order valence-electron chi connectivity index (χ4n) is 3.53. The molecule has 31 heavy (non-hydrogen) atoms. The van der Waals surface area contributed by atoms with Gasteiger partial charge in [-0.3, -0.25) is 14.9 Å². The summed E-state index contributed by atoms with van der Waals surface area (Å²) in [7, 11) is -2.46. The van der Waals surface area contributed by atoms with Crippen molar-refractivity contribution in [3.05, 3.63) is 45.8 Å². The largest absolute Gasteiger partial charge is 0.453 e. The van der Waals surface area contributed by atoms with Gasteiger partial charge in [-0.15, -0.1) is 11.3 Å². The minimum absolute atomic E-state index is 0.00673. The number of sulfone groups is 1. The number of aryl methyl sites for hydroxylation is 1. The minimum Gasteiger partial charge on any atom is -0.453 e. The maximum Gasteiger partial charge on any atom is 0.413 e. The van der Waals surface area contributed by atoms with E-state index in [2.05, 4.69) is 15.4 Å². The van der Waals surface area contributed by atoms with Crippen LogP contribution < -0.4 is 10.6 Å². The Bertz CT molecular complexity index is 1120. The third-order valence-corrected chi connectivity index (χ3v) is 8.12. The lowest BCUT2D eigenvalue weighted by atomic mass is 10.0. The van der Waals surface area contributed by atoms with Gasteiger partial charge in [0.1, 0.15) is 5.00 Å². The lowest BCUT2D eigenvalue weighted by molar-refractivity contribution is 0.0937. The van der Waals surface area contributed by atoms with Gasteiger partial charge in [-0.1, -0.05) is 25.5 Å². The lowest BCUT2D eigenvalue weighted by Crippen LogP contribution is -2.31. The second-order valence-electron chi connectivity index (χ2n) is 7.07. The Labute approximate surface area is 184 Å². The van der Waals surface area contributed by atoms with Crippen LogP contribution >= 0.6 is 11.3 Å². The maximum absolute atomic E-state index is 13.0. The van der Waals surface area contributed by atoms with Crippen LogP contribution in [0.4, 0.5) is 9.80 Å². The van der Waals surface area contributed by atoms with Gasteiger partial charge >= 0.3 is 6.09 Å². The average Bonchev–Trinajstić information content (AvgIpc) is 2.93. The van der Waals surface area contributed by atoms with Crippen LogP contribution in [-0.2, 0) is 27.4 Å². The second kappa shape index (κ2) is 9.61. The van der Waals surface area contributed by atoms with E-state index in [-0.39, 0.29) is 21.8 Å². The van der Waals surface area contributed by atoms with Crippen molar-refractivity contribution in [2.24, 2.45) is 0 Å². The van der Waals surface area contributed by atoms with Gasteiger partial charge in [0, 0.05) is 4.88 Å². The van der Waals surface area contributed by atoms with Crippen LogP contribution in [0.5, 0.6) is 0 Å². The molecule has 0 aliphatic heterocycles.